The van der Waals surface area contributed by atoms with E-state index in [9.17, 15) is 9.59 Å². The predicted octanol–water partition coefficient (Wildman–Crippen LogP) is 5.22. The second-order valence-corrected chi connectivity index (χ2v) is 8.48. The van der Waals surface area contributed by atoms with E-state index in [1.807, 2.05) is 29.2 Å². The number of rotatable bonds is 5. The summed E-state index contributed by atoms with van der Waals surface area (Å²) < 4.78 is 5.15. The molecular formula is C25H23Cl2N3O3. The van der Waals surface area contributed by atoms with Crippen molar-refractivity contribution in [1.82, 2.24) is 4.90 Å². The van der Waals surface area contributed by atoms with Gasteiger partial charge in [-0.15, -0.1) is 0 Å². The number of benzene rings is 3. The Bertz CT molecular complexity index is 1140. The number of carbonyl (C=O) groups is 2. The lowest BCUT2D eigenvalue weighted by Gasteiger charge is -2.36. The van der Waals surface area contributed by atoms with Crippen molar-refractivity contribution in [1.29, 1.82) is 0 Å². The Morgan fingerprint density at radius 3 is 2.15 bits per heavy atom. The van der Waals surface area contributed by atoms with E-state index in [2.05, 4.69) is 10.2 Å². The van der Waals surface area contributed by atoms with Crippen molar-refractivity contribution in [2.75, 3.05) is 43.5 Å². The van der Waals surface area contributed by atoms with Gasteiger partial charge in [-0.05, 0) is 66.7 Å². The number of nitrogens with one attached hydrogen (secondary N) is 1. The van der Waals surface area contributed by atoms with Crippen LogP contribution in [0.3, 0.4) is 0 Å². The van der Waals surface area contributed by atoms with Crippen molar-refractivity contribution in [3.8, 4) is 5.75 Å². The molecule has 6 nitrogen and oxygen atoms in total. The molecule has 170 valence electrons. The molecule has 1 aliphatic heterocycles. The van der Waals surface area contributed by atoms with Crippen LogP contribution in [-0.2, 0) is 0 Å². The Morgan fingerprint density at radius 2 is 1.55 bits per heavy atom. The standard InChI is InChI=1S/C25H23Cl2N3O3/c1-33-21-9-2-17(3-10-21)25(32)30-14-12-29(13-15-30)20-7-5-19(6-8-20)28-24(31)22-11-4-18(26)16-23(22)27/h2-11,16H,12-15H2,1H3,(H,28,31). The molecule has 3 aromatic rings. The molecule has 2 amide bonds. The third-order valence-electron chi connectivity index (χ3n) is 5.57. The van der Waals surface area contributed by atoms with E-state index in [-0.39, 0.29) is 11.8 Å². The molecule has 0 spiro atoms. The first-order valence-electron chi connectivity index (χ1n) is 10.5. The number of nitrogens with zero attached hydrogens (tertiary/aromatic N) is 2. The fraction of sp³-hybridized carbons (Fsp3) is 0.200. The number of hydrogen-bond donors (Lipinski definition) is 1. The van der Waals surface area contributed by atoms with Crippen LogP contribution >= 0.6 is 23.2 Å². The highest BCUT2D eigenvalue weighted by atomic mass is 35.5. The van der Waals surface area contributed by atoms with Gasteiger partial charge in [0, 0.05) is 48.1 Å². The second-order valence-electron chi connectivity index (χ2n) is 7.63. The topological polar surface area (TPSA) is 61.9 Å². The van der Waals surface area contributed by atoms with E-state index in [4.69, 9.17) is 27.9 Å². The summed E-state index contributed by atoms with van der Waals surface area (Å²) in [5.41, 5.74) is 2.73. The first-order chi connectivity index (χ1) is 15.9. The van der Waals surface area contributed by atoms with Crippen molar-refractivity contribution in [3.05, 3.63) is 87.9 Å². The van der Waals surface area contributed by atoms with Gasteiger partial charge >= 0.3 is 0 Å². The maximum absolute atomic E-state index is 12.8. The molecule has 0 radical (unpaired) electrons. The molecule has 1 fully saturated rings. The Labute approximate surface area is 202 Å². The monoisotopic (exact) mass is 483 g/mol. The lowest BCUT2D eigenvalue weighted by molar-refractivity contribution is 0.0746. The first-order valence-corrected chi connectivity index (χ1v) is 11.2. The van der Waals surface area contributed by atoms with Crippen LogP contribution in [0.1, 0.15) is 20.7 Å². The van der Waals surface area contributed by atoms with Crippen molar-refractivity contribution >= 4 is 46.4 Å². The summed E-state index contributed by atoms with van der Waals surface area (Å²) in [6.45, 7) is 2.73. The molecular weight excluding hydrogens is 461 g/mol. The van der Waals surface area contributed by atoms with Gasteiger partial charge in [-0.25, -0.2) is 0 Å². The minimum absolute atomic E-state index is 0.0243. The molecule has 0 bridgehead atoms. The van der Waals surface area contributed by atoms with Crippen molar-refractivity contribution in [2.45, 2.75) is 0 Å². The smallest absolute Gasteiger partial charge is 0.257 e. The molecule has 1 heterocycles. The molecule has 0 aliphatic carbocycles. The molecule has 33 heavy (non-hydrogen) atoms. The summed E-state index contributed by atoms with van der Waals surface area (Å²) in [6.07, 6.45) is 0. The fourth-order valence-electron chi connectivity index (χ4n) is 3.71. The molecule has 1 N–H and O–H groups in total. The molecule has 4 rings (SSSR count). The van der Waals surface area contributed by atoms with Crippen LogP contribution < -0.4 is 15.0 Å². The molecule has 0 atom stereocenters. The second kappa shape index (κ2) is 10.1. The summed E-state index contributed by atoms with van der Waals surface area (Å²) in [7, 11) is 1.60. The number of ether oxygens (including phenoxy) is 1. The average molecular weight is 484 g/mol. The van der Waals surface area contributed by atoms with Crippen LogP contribution in [0, 0.1) is 0 Å². The Balaban J connectivity index is 1.33. The van der Waals surface area contributed by atoms with Crippen LogP contribution in [0.15, 0.2) is 66.7 Å². The number of halogens is 2. The molecule has 1 aliphatic rings. The molecule has 0 unspecified atom stereocenters. The molecule has 0 saturated carbocycles. The van der Waals surface area contributed by atoms with E-state index >= 15 is 0 Å². The van der Waals surface area contributed by atoms with Gasteiger partial charge in [0.2, 0.25) is 0 Å². The maximum atomic E-state index is 12.8. The van der Waals surface area contributed by atoms with Gasteiger partial charge in [0.05, 0.1) is 17.7 Å². The van der Waals surface area contributed by atoms with Gasteiger partial charge in [-0.2, -0.15) is 0 Å². The van der Waals surface area contributed by atoms with Gasteiger partial charge in [-0.3, -0.25) is 9.59 Å². The highest BCUT2D eigenvalue weighted by Crippen LogP contribution is 2.24. The summed E-state index contributed by atoms with van der Waals surface area (Å²) in [6, 6.07) is 19.6. The van der Waals surface area contributed by atoms with Gasteiger partial charge in [-0.1, -0.05) is 23.2 Å². The van der Waals surface area contributed by atoms with Crippen LogP contribution in [-0.4, -0.2) is 50.0 Å². The predicted molar refractivity (Wildman–Crippen MR) is 132 cm³/mol. The Kier molecular flexibility index (Phi) is 7.06. The number of methoxy groups -OCH3 is 1. The van der Waals surface area contributed by atoms with Crippen molar-refractivity contribution in [2.24, 2.45) is 0 Å². The van der Waals surface area contributed by atoms with Gasteiger partial charge in [0.15, 0.2) is 0 Å². The lowest BCUT2D eigenvalue weighted by Crippen LogP contribution is -2.48. The number of amides is 2. The zero-order valence-corrected chi connectivity index (χ0v) is 19.6. The minimum atomic E-state index is -0.296. The number of carbonyl (C=O) groups excluding carboxylic acids is 2. The zero-order valence-electron chi connectivity index (χ0n) is 18.1. The van der Waals surface area contributed by atoms with Crippen LogP contribution in [0.4, 0.5) is 11.4 Å². The summed E-state index contributed by atoms with van der Waals surface area (Å²) in [4.78, 5) is 29.3. The van der Waals surface area contributed by atoms with Crippen molar-refractivity contribution < 1.29 is 14.3 Å². The highest BCUT2D eigenvalue weighted by Gasteiger charge is 2.22. The molecule has 1 saturated heterocycles. The van der Waals surface area contributed by atoms with Crippen LogP contribution in [0.5, 0.6) is 5.75 Å². The summed E-state index contributed by atoms with van der Waals surface area (Å²) >= 11 is 12.0. The third kappa shape index (κ3) is 5.41. The van der Waals surface area contributed by atoms with E-state index in [1.54, 1.807) is 49.6 Å². The average Bonchev–Trinajstić information content (AvgIpc) is 2.84. The zero-order chi connectivity index (χ0) is 23.4. The van der Waals surface area contributed by atoms with E-state index in [0.717, 1.165) is 24.5 Å². The maximum Gasteiger partial charge on any atom is 0.257 e. The Morgan fingerprint density at radius 1 is 0.879 bits per heavy atom. The number of anilines is 2. The molecule has 8 heteroatoms. The number of piperazine rings is 1. The summed E-state index contributed by atoms with van der Waals surface area (Å²) in [5.74, 6) is 0.457. The largest absolute Gasteiger partial charge is 0.497 e. The van der Waals surface area contributed by atoms with Crippen molar-refractivity contribution in [3.63, 3.8) is 0 Å². The van der Waals surface area contributed by atoms with Gasteiger partial charge < -0.3 is 19.9 Å². The quantitative estimate of drug-likeness (QED) is 0.540. The Hall–Kier alpha value is -3.22. The van der Waals surface area contributed by atoms with Gasteiger partial charge in [0.25, 0.3) is 11.8 Å². The van der Waals surface area contributed by atoms with E-state index in [1.165, 1.54) is 0 Å². The van der Waals surface area contributed by atoms with Crippen LogP contribution in [0.25, 0.3) is 0 Å². The molecule has 0 aromatic heterocycles. The number of hydrogen-bond acceptors (Lipinski definition) is 4. The minimum Gasteiger partial charge on any atom is -0.497 e. The lowest BCUT2D eigenvalue weighted by atomic mass is 10.1. The van der Waals surface area contributed by atoms with Crippen LogP contribution in [0.2, 0.25) is 10.0 Å². The molecule has 3 aromatic carbocycles. The van der Waals surface area contributed by atoms with Gasteiger partial charge in [0.1, 0.15) is 5.75 Å². The highest BCUT2D eigenvalue weighted by molar-refractivity contribution is 6.37. The summed E-state index contributed by atoms with van der Waals surface area (Å²) in [5, 5.41) is 3.63. The SMILES string of the molecule is COc1ccc(C(=O)N2CCN(c3ccc(NC(=O)c4ccc(Cl)cc4Cl)cc3)CC2)cc1. The fourth-order valence-corrected chi connectivity index (χ4v) is 4.21. The van der Waals surface area contributed by atoms with E-state index in [0.29, 0.717) is 39.9 Å². The van der Waals surface area contributed by atoms with E-state index < -0.39 is 0 Å². The first kappa shape index (κ1) is 23.0. The third-order valence-corrected chi connectivity index (χ3v) is 6.12. The normalized spacial score (nSPS) is 13.5.